The van der Waals surface area contributed by atoms with Crippen LogP contribution in [-0.2, 0) is 80.3 Å². The van der Waals surface area contributed by atoms with Crippen molar-refractivity contribution in [2.24, 2.45) is 0 Å². The summed E-state index contributed by atoms with van der Waals surface area (Å²) in [4.78, 5) is 37.9. The first-order chi connectivity index (χ1) is 43.5. The van der Waals surface area contributed by atoms with Crippen LogP contribution in [0.5, 0.6) is 0 Å². The molecule has 4 aliphatic rings. The van der Waals surface area contributed by atoms with E-state index in [1.165, 1.54) is 24.0 Å². The molecule has 0 bridgehead atoms. The van der Waals surface area contributed by atoms with E-state index >= 15 is 0 Å². The van der Waals surface area contributed by atoms with Crippen LogP contribution in [0.1, 0.15) is 77.7 Å². The number of hydrogen-bond acceptors (Lipinski definition) is 16. The largest absolute Gasteiger partial charge is 0.453 e. The van der Waals surface area contributed by atoms with Crippen molar-refractivity contribution >= 4 is 18.5 Å². The maximum atomic E-state index is 12.3. The van der Waals surface area contributed by atoms with Gasteiger partial charge in [0.1, 0.15) is 36.8 Å². The highest BCUT2D eigenvalue weighted by molar-refractivity contribution is 5.71. The minimum Gasteiger partial charge on any atom is -0.453 e. The number of nitriles is 2. The SMILES string of the molecule is CC[C@H](C=O)OCc1ccccc1.COC(=O)N(Cc1ccccc1)[C@@]1(C#N)C[C@H]1OCc1ccccc1.COC(=O)N(Cc1ccccc1)[C@]1(C#N)C[C@H]1OCc1ccccc1.O[C@@H]1COC(c2ccccc2)O[C@H]1[C@@H]1OC(c2ccccc2)OC[C@H]1O. The zero-order valence-electron chi connectivity index (χ0n) is 50.1. The maximum absolute atomic E-state index is 12.3. The normalized spacial score (nSPS) is 24.0. The van der Waals surface area contributed by atoms with Gasteiger partial charge in [-0.25, -0.2) is 9.59 Å². The highest BCUT2D eigenvalue weighted by atomic mass is 16.7. The Kier molecular flexibility index (Phi) is 25.1. The second-order valence-corrected chi connectivity index (χ2v) is 21.5. The van der Waals surface area contributed by atoms with Crippen LogP contribution < -0.4 is 0 Å². The van der Waals surface area contributed by atoms with E-state index in [9.17, 15) is 35.1 Å². The van der Waals surface area contributed by atoms with Crippen LogP contribution in [0.2, 0.25) is 0 Å². The molecule has 89 heavy (non-hydrogen) atoms. The topological polar surface area (TPSA) is 229 Å². The number of carbonyl (C=O) groups is 3. The highest BCUT2D eigenvalue weighted by Crippen LogP contribution is 2.47. The third kappa shape index (κ3) is 18.5. The molecule has 2 unspecified atom stereocenters. The Morgan fingerprint density at radius 1 is 0.528 bits per heavy atom. The summed E-state index contributed by atoms with van der Waals surface area (Å²) in [6.45, 7) is 4.10. The van der Waals surface area contributed by atoms with Gasteiger partial charge in [0.15, 0.2) is 23.7 Å². The second kappa shape index (κ2) is 33.6. The lowest BCUT2D eigenvalue weighted by Crippen LogP contribution is -2.55. The molecule has 0 radical (unpaired) electrons. The van der Waals surface area contributed by atoms with Crippen molar-refractivity contribution < 1.29 is 67.2 Å². The lowest BCUT2D eigenvalue weighted by Gasteiger charge is -2.43. The minimum absolute atomic E-state index is 0.105. The van der Waals surface area contributed by atoms with Gasteiger partial charge in [0.05, 0.1) is 84.7 Å². The predicted octanol–water partition coefficient (Wildman–Crippen LogP) is 11.1. The summed E-state index contributed by atoms with van der Waals surface area (Å²) >= 11 is 0. The van der Waals surface area contributed by atoms with Gasteiger partial charge < -0.3 is 57.6 Å². The summed E-state index contributed by atoms with van der Waals surface area (Å²) in [7, 11) is 2.65. The van der Waals surface area contributed by atoms with Crippen LogP contribution in [0, 0.1) is 22.7 Å². The maximum Gasteiger partial charge on any atom is 0.411 e. The van der Waals surface area contributed by atoms with Crippen molar-refractivity contribution in [1.29, 1.82) is 10.5 Å². The molecule has 2 N–H and O–H groups in total. The predicted molar refractivity (Wildman–Crippen MR) is 328 cm³/mol. The Hall–Kier alpha value is -8.63. The van der Waals surface area contributed by atoms with E-state index in [0.29, 0.717) is 45.8 Å². The van der Waals surface area contributed by atoms with Crippen molar-refractivity contribution in [3.63, 3.8) is 0 Å². The molecular weight excluding hydrogens is 1130 g/mol. The summed E-state index contributed by atoms with van der Waals surface area (Å²) < 4.78 is 50.1. The average molecular weight is 1210 g/mol. The smallest absolute Gasteiger partial charge is 0.411 e. The van der Waals surface area contributed by atoms with Gasteiger partial charge in [-0.1, -0.05) is 219 Å². The van der Waals surface area contributed by atoms with Gasteiger partial charge in [-0.15, -0.1) is 0 Å². The number of rotatable bonds is 20. The van der Waals surface area contributed by atoms with E-state index < -0.39 is 60.3 Å². The molecule has 11 rings (SSSR count). The molecule has 18 heteroatoms. The standard InChI is InChI=1S/2C20H20N2O3.C20H22O6.C11H14O2/c2*1-24-19(23)22(13-16-8-4-2-5-9-16)20(15-21)12-18(20)25-14-17-10-6-3-7-11-17;21-15-11-23-19(13-7-3-1-4-8-13)25-17(15)18-16(22)12-24-20(26-18)14-9-5-2-6-10-14;1-2-11(8-12)13-9-10-6-4-3-5-7-10/h2*2-11,18H,12-14H2,1H3;1-10,15-22H,11-12H2;3-8,11H,2,9H2,1H3/t18-,20+;18-,20-;15-,16-,17-,18-,19?,20?;11-/m1111/s1. The first kappa shape index (κ1) is 66.3. The fraction of sp³-hybridized carbons (Fsp3) is 0.338. The molecule has 2 amide bonds. The second-order valence-electron chi connectivity index (χ2n) is 21.5. The molecule has 2 saturated carbocycles. The Bertz CT molecular complexity index is 3120. The van der Waals surface area contributed by atoms with Crippen LogP contribution in [0.3, 0.4) is 0 Å². The minimum atomic E-state index is -0.974. The molecule has 2 saturated heterocycles. The molecule has 4 fully saturated rings. The van der Waals surface area contributed by atoms with E-state index in [2.05, 4.69) is 12.1 Å². The van der Waals surface area contributed by atoms with Crippen molar-refractivity contribution in [3.8, 4) is 12.1 Å². The molecule has 0 spiro atoms. The number of aliphatic hydroxyl groups is 2. The molecule has 2 aliphatic heterocycles. The lowest BCUT2D eigenvalue weighted by atomic mass is 10.0. The number of aliphatic hydroxyl groups excluding tert-OH is 2. The molecule has 11 atom stereocenters. The van der Waals surface area contributed by atoms with Gasteiger partial charge in [0.2, 0.25) is 0 Å². The Morgan fingerprint density at radius 2 is 0.843 bits per heavy atom. The zero-order valence-corrected chi connectivity index (χ0v) is 50.1. The van der Waals surface area contributed by atoms with Crippen LogP contribution in [0.15, 0.2) is 212 Å². The third-order valence-corrected chi connectivity index (χ3v) is 15.3. The van der Waals surface area contributed by atoms with Crippen LogP contribution in [0.25, 0.3) is 0 Å². The van der Waals surface area contributed by atoms with Crippen molar-refractivity contribution in [2.75, 3.05) is 27.4 Å². The number of ether oxygens (including phenoxy) is 9. The van der Waals surface area contributed by atoms with Gasteiger partial charge in [-0.3, -0.25) is 9.80 Å². The van der Waals surface area contributed by atoms with E-state index in [1.807, 2.05) is 219 Å². The summed E-state index contributed by atoms with van der Waals surface area (Å²) in [5.41, 5.74) is 4.81. The average Bonchev–Trinajstić information content (AvgIpc) is 1.67. The Balaban J connectivity index is 0.000000157. The summed E-state index contributed by atoms with van der Waals surface area (Å²) in [5, 5.41) is 40.2. The summed E-state index contributed by atoms with van der Waals surface area (Å²) in [6.07, 6.45) is -3.85. The lowest BCUT2D eigenvalue weighted by molar-refractivity contribution is -0.331. The number of benzene rings is 7. The van der Waals surface area contributed by atoms with Crippen molar-refractivity contribution in [2.45, 2.75) is 125 Å². The number of amides is 2. The Morgan fingerprint density at radius 3 is 1.15 bits per heavy atom. The fourth-order valence-electron chi connectivity index (χ4n) is 10.1. The van der Waals surface area contributed by atoms with Gasteiger partial charge in [0.25, 0.3) is 0 Å². The molecule has 18 nitrogen and oxygen atoms in total. The third-order valence-electron chi connectivity index (χ3n) is 15.3. The molecular formula is C71H76N4O14. The first-order valence-corrected chi connectivity index (χ1v) is 29.5. The van der Waals surface area contributed by atoms with Gasteiger partial charge >= 0.3 is 12.2 Å². The van der Waals surface area contributed by atoms with Gasteiger partial charge in [-0.05, 0) is 34.2 Å². The quantitative estimate of drug-likeness (QED) is 0.0676. The summed E-state index contributed by atoms with van der Waals surface area (Å²) in [5.74, 6) is 0. The number of hydrogen-bond donors (Lipinski definition) is 2. The van der Waals surface area contributed by atoms with E-state index in [0.717, 1.165) is 51.7 Å². The number of carbonyl (C=O) groups excluding carboxylic acids is 3. The van der Waals surface area contributed by atoms with E-state index in [4.69, 9.17) is 42.6 Å². The zero-order chi connectivity index (χ0) is 62.9. The highest BCUT2D eigenvalue weighted by Gasteiger charge is 2.64. The molecule has 7 aromatic rings. The molecule has 464 valence electrons. The molecule has 2 heterocycles. The van der Waals surface area contributed by atoms with E-state index in [-0.39, 0.29) is 31.5 Å². The van der Waals surface area contributed by atoms with Gasteiger partial charge in [-0.2, -0.15) is 10.5 Å². The molecule has 7 aromatic carbocycles. The van der Waals surface area contributed by atoms with Crippen LogP contribution >= 0.6 is 0 Å². The molecule has 2 aliphatic carbocycles. The number of methoxy groups -OCH3 is 2. The van der Waals surface area contributed by atoms with Gasteiger partial charge in [0, 0.05) is 24.0 Å². The fourth-order valence-corrected chi connectivity index (χ4v) is 10.1. The van der Waals surface area contributed by atoms with E-state index in [1.54, 1.807) is 0 Å². The number of nitrogens with zero attached hydrogens (tertiary/aromatic N) is 4. The first-order valence-electron chi connectivity index (χ1n) is 29.5. The van der Waals surface area contributed by atoms with Crippen LogP contribution in [0.4, 0.5) is 9.59 Å². The molecule has 0 aromatic heterocycles. The van der Waals surface area contributed by atoms with Crippen LogP contribution in [-0.4, -0.2) is 120 Å². The van der Waals surface area contributed by atoms with Crippen molar-refractivity contribution in [1.82, 2.24) is 9.80 Å². The summed E-state index contributed by atoms with van der Waals surface area (Å²) in [6, 6.07) is 72.0. The Labute approximate surface area is 520 Å². The number of aldehydes is 1. The monoisotopic (exact) mass is 1210 g/mol. The van der Waals surface area contributed by atoms with Crippen molar-refractivity contribution in [3.05, 3.63) is 251 Å².